The van der Waals surface area contributed by atoms with Crippen molar-refractivity contribution in [2.75, 3.05) is 6.61 Å². The smallest absolute Gasteiger partial charge is 0.311 e. The van der Waals surface area contributed by atoms with Crippen LogP contribution in [0.15, 0.2) is 84.9 Å². The van der Waals surface area contributed by atoms with E-state index >= 15 is 0 Å². The number of benzene rings is 3. The number of nitrogens with zero attached hydrogens (tertiary/aromatic N) is 1. The third-order valence-electron chi connectivity index (χ3n) is 7.79. The van der Waals surface area contributed by atoms with E-state index in [1.54, 1.807) is 32.9 Å². The molecule has 5 rings (SSSR count). The van der Waals surface area contributed by atoms with Gasteiger partial charge in [-0.1, -0.05) is 108 Å². The highest BCUT2D eigenvalue weighted by molar-refractivity contribution is 6.76. The summed E-state index contributed by atoms with van der Waals surface area (Å²) in [4.78, 5) is 41.8. The summed E-state index contributed by atoms with van der Waals surface area (Å²) in [5.74, 6) is -2.60. The number of alkyl halides is 3. The molecule has 0 spiro atoms. The molecular formula is C35H35Cl3N2O8. The molecule has 0 aliphatic carbocycles. The number of amides is 2. The zero-order chi connectivity index (χ0) is 34.6. The second-order valence-electron chi connectivity index (χ2n) is 12.4. The molecule has 0 radical (unpaired) electrons. The molecule has 3 aromatic carbocycles. The Morgan fingerprint density at radius 2 is 1.27 bits per heavy atom. The molecule has 0 saturated carbocycles. The van der Waals surface area contributed by atoms with Gasteiger partial charge in [0.25, 0.3) is 15.6 Å². The fourth-order valence-electron chi connectivity index (χ4n) is 5.36. The van der Waals surface area contributed by atoms with Gasteiger partial charge in [-0.3, -0.25) is 24.7 Å². The van der Waals surface area contributed by atoms with E-state index in [2.05, 4.69) is 0 Å². The first kappa shape index (κ1) is 35.8. The monoisotopic (exact) mass is 716 g/mol. The molecular weight excluding hydrogens is 683 g/mol. The summed E-state index contributed by atoms with van der Waals surface area (Å²) in [6.45, 7) is 4.90. The lowest BCUT2D eigenvalue weighted by atomic mass is 9.94. The summed E-state index contributed by atoms with van der Waals surface area (Å²) in [5, 5.41) is 8.39. The Morgan fingerprint density at radius 1 is 0.792 bits per heavy atom. The number of ether oxygens (including phenoxy) is 5. The van der Waals surface area contributed by atoms with Gasteiger partial charge in [0.05, 0.1) is 29.8 Å². The summed E-state index contributed by atoms with van der Waals surface area (Å²) in [5.41, 5.74) is 1.10. The highest BCUT2D eigenvalue weighted by Crippen LogP contribution is 2.38. The van der Waals surface area contributed by atoms with Crippen molar-refractivity contribution in [1.29, 1.82) is 5.41 Å². The first-order chi connectivity index (χ1) is 22.8. The van der Waals surface area contributed by atoms with E-state index in [1.807, 2.05) is 60.7 Å². The number of carbonyl (C=O) groups is 3. The normalized spacial score (nSPS) is 22.7. The summed E-state index contributed by atoms with van der Waals surface area (Å²) < 4.78 is 28.6. The number of hydrogen-bond acceptors (Lipinski definition) is 9. The van der Waals surface area contributed by atoms with Crippen molar-refractivity contribution in [2.45, 2.75) is 68.4 Å². The predicted octanol–water partition coefficient (Wildman–Crippen LogP) is 6.50. The Balaban J connectivity index is 1.60. The molecule has 2 aliphatic heterocycles. The molecule has 10 nitrogen and oxygen atoms in total. The Bertz CT molecular complexity index is 1590. The summed E-state index contributed by atoms with van der Waals surface area (Å²) in [6.07, 6.45) is -4.89. The molecule has 2 heterocycles. The quantitative estimate of drug-likeness (QED) is 0.0829. The topological polar surface area (TPSA) is 124 Å². The van der Waals surface area contributed by atoms with Crippen LogP contribution in [0.3, 0.4) is 0 Å². The lowest BCUT2D eigenvalue weighted by Crippen LogP contribution is -2.67. The zero-order valence-electron chi connectivity index (χ0n) is 26.4. The van der Waals surface area contributed by atoms with Gasteiger partial charge in [0, 0.05) is 0 Å². The number of nitrogens with one attached hydrogen (secondary N) is 1. The third kappa shape index (κ3) is 8.19. The molecule has 2 amide bonds. The number of hydrogen-bond donors (Lipinski definition) is 1. The molecule has 254 valence electrons. The van der Waals surface area contributed by atoms with Crippen molar-refractivity contribution in [1.82, 2.24) is 4.90 Å². The van der Waals surface area contributed by atoms with E-state index in [0.717, 1.165) is 16.0 Å². The van der Waals surface area contributed by atoms with E-state index in [-0.39, 0.29) is 30.9 Å². The van der Waals surface area contributed by atoms with E-state index in [0.29, 0.717) is 0 Å². The Morgan fingerprint density at radius 3 is 1.75 bits per heavy atom. The van der Waals surface area contributed by atoms with Crippen molar-refractivity contribution in [3.05, 3.63) is 107 Å². The number of fused-ring (bicyclic) bond motifs is 1. The first-order valence-electron chi connectivity index (χ1n) is 15.2. The van der Waals surface area contributed by atoms with Crippen LogP contribution in [0.25, 0.3) is 0 Å². The fourth-order valence-corrected chi connectivity index (χ4v) is 5.49. The standard InChI is InChI=1S/C35H35Cl3N2O8/c1-34(2,3)33(43)46-20-25-27(44-18-21-12-6-4-7-13-21)28(45-19-22-14-8-5-9-15-22)26(31(47-25)48-32(39)35(36,37)38)40-29(41)23-16-10-11-17-24(23)30(40)42/h4-17,25-28,31,39H,18-20H2,1-3H3/t25-,26-,27-,28-,31+/m1/s1. The minimum absolute atomic E-state index is 0.0273. The van der Waals surface area contributed by atoms with Crippen LogP contribution < -0.4 is 0 Å². The third-order valence-corrected chi connectivity index (χ3v) is 8.31. The molecule has 1 saturated heterocycles. The van der Waals surface area contributed by atoms with Gasteiger partial charge < -0.3 is 23.7 Å². The van der Waals surface area contributed by atoms with Gasteiger partial charge in [-0.25, -0.2) is 0 Å². The average Bonchev–Trinajstić information content (AvgIpc) is 3.30. The van der Waals surface area contributed by atoms with Gasteiger partial charge in [-0.05, 0) is 44.0 Å². The number of carbonyl (C=O) groups excluding carboxylic acids is 3. The number of esters is 1. The Labute approximate surface area is 293 Å². The molecule has 3 aromatic rings. The van der Waals surface area contributed by atoms with E-state index < -0.39 is 63.5 Å². The molecule has 13 heteroatoms. The SMILES string of the molecule is CC(C)(C)C(=O)OC[C@H]1O[C@@H](OC(=N)C(Cl)(Cl)Cl)[C@H](N2C(=O)c3ccccc3C2=O)[C@@H](OCc2ccccc2)[C@@H]1OCc1ccccc1. The van der Waals surface area contributed by atoms with Gasteiger partial charge in [0.15, 0.2) is 0 Å². The predicted molar refractivity (Wildman–Crippen MR) is 179 cm³/mol. The Kier molecular flexibility index (Phi) is 11.1. The molecule has 48 heavy (non-hydrogen) atoms. The van der Waals surface area contributed by atoms with Crippen LogP contribution in [0.1, 0.15) is 52.6 Å². The van der Waals surface area contributed by atoms with Gasteiger partial charge in [0.1, 0.15) is 31.0 Å². The molecule has 0 unspecified atom stereocenters. The van der Waals surface area contributed by atoms with Crippen molar-refractivity contribution in [2.24, 2.45) is 5.41 Å². The van der Waals surface area contributed by atoms with E-state index in [4.69, 9.17) is 63.9 Å². The lowest BCUT2D eigenvalue weighted by molar-refractivity contribution is -0.281. The molecule has 0 bridgehead atoms. The van der Waals surface area contributed by atoms with Crippen LogP contribution in [-0.2, 0) is 41.7 Å². The van der Waals surface area contributed by atoms with Crippen LogP contribution in [0.2, 0.25) is 0 Å². The van der Waals surface area contributed by atoms with Crippen molar-refractivity contribution in [3.8, 4) is 0 Å². The molecule has 1 N–H and O–H groups in total. The van der Waals surface area contributed by atoms with Gasteiger partial charge in [-0.2, -0.15) is 0 Å². The van der Waals surface area contributed by atoms with Gasteiger partial charge >= 0.3 is 5.97 Å². The molecule has 0 aromatic heterocycles. The van der Waals surface area contributed by atoms with Crippen LogP contribution >= 0.6 is 34.8 Å². The number of halogens is 3. The van der Waals surface area contributed by atoms with Crippen molar-refractivity contribution < 1.29 is 38.1 Å². The summed E-state index contributed by atoms with van der Waals surface area (Å²) in [6, 6.07) is 23.6. The van der Waals surface area contributed by atoms with Crippen LogP contribution in [0.5, 0.6) is 0 Å². The minimum atomic E-state index is -2.31. The maximum atomic E-state index is 13.9. The maximum absolute atomic E-state index is 13.9. The largest absolute Gasteiger partial charge is 0.462 e. The number of imide groups is 1. The van der Waals surface area contributed by atoms with Gasteiger partial charge in [-0.15, -0.1) is 0 Å². The molecule has 1 fully saturated rings. The molecule has 2 aliphatic rings. The highest BCUT2D eigenvalue weighted by atomic mass is 35.6. The minimum Gasteiger partial charge on any atom is -0.462 e. The zero-order valence-corrected chi connectivity index (χ0v) is 28.7. The maximum Gasteiger partial charge on any atom is 0.311 e. The van der Waals surface area contributed by atoms with Crippen molar-refractivity contribution >= 4 is 58.5 Å². The molecule has 5 atom stereocenters. The van der Waals surface area contributed by atoms with E-state index in [1.165, 1.54) is 12.1 Å². The van der Waals surface area contributed by atoms with Crippen LogP contribution in [0, 0.1) is 10.8 Å². The second kappa shape index (κ2) is 14.9. The fraction of sp³-hybridized carbons (Fsp3) is 0.371. The first-order valence-corrected chi connectivity index (χ1v) is 16.3. The lowest BCUT2D eigenvalue weighted by Gasteiger charge is -2.48. The van der Waals surface area contributed by atoms with Crippen molar-refractivity contribution in [3.63, 3.8) is 0 Å². The number of rotatable bonds is 10. The second-order valence-corrected chi connectivity index (χ2v) is 14.7. The van der Waals surface area contributed by atoms with Gasteiger partial charge in [0.2, 0.25) is 12.2 Å². The Hall–Kier alpha value is -3.51. The highest BCUT2D eigenvalue weighted by Gasteiger charge is 2.57. The van der Waals surface area contributed by atoms with Crippen LogP contribution in [-0.4, -0.2) is 69.6 Å². The van der Waals surface area contributed by atoms with E-state index in [9.17, 15) is 14.4 Å². The summed E-state index contributed by atoms with van der Waals surface area (Å²) in [7, 11) is 0. The average molecular weight is 718 g/mol. The summed E-state index contributed by atoms with van der Waals surface area (Å²) >= 11 is 18.0. The van der Waals surface area contributed by atoms with Crippen LogP contribution in [0.4, 0.5) is 0 Å².